The molecule has 1 amide bonds. The molecule has 20 heavy (non-hydrogen) atoms. The molecule has 2 fully saturated rings. The Bertz CT molecular complexity index is 494. The van der Waals surface area contributed by atoms with Crippen molar-refractivity contribution < 1.29 is 4.79 Å². The maximum atomic E-state index is 12.1. The van der Waals surface area contributed by atoms with Gasteiger partial charge in [-0.25, -0.2) is 0 Å². The molecule has 1 atom stereocenters. The van der Waals surface area contributed by atoms with Crippen molar-refractivity contribution in [3.8, 4) is 0 Å². The number of halogens is 1. The highest BCUT2D eigenvalue weighted by atomic mass is 35.5. The second-order valence-electron chi connectivity index (χ2n) is 5.63. The van der Waals surface area contributed by atoms with Crippen LogP contribution in [0.25, 0.3) is 0 Å². The molecular formula is C15H20ClN3O. The van der Waals surface area contributed by atoms with Crippen molar-refractivity contribution in [1.29, 1.82) is 0 Å². The van der Waals surface area contributed by atoms with Gasteiger partial charge in [0.1, 0.15) is 0 Å². The first-order valence-corrected chi connectivity index (χ1v) is 7.60. The summed E-state index contributed by atoms with van der Waals surface area (Å²) < 4.78 is 0. The molecule has 2 aliphatic heterocycles. The number of anilines is 1. The van der Waals surface area contributed by atoms with Crippen molar-refractivity contribution in [2.24, 2.45) is 0 Å². The molecule has 0 radical (unpaired) electrons. The first kappa shape index (κ1) is 13.9. The number of nitrogens with zero attached hydrogens (tertiary/aromatic N) is 2. The monoisotopic (exact) mass is 293 g/mol. The SMILES string of the molecule is O=C(CN1CCN2CCCC2C1)Nc1cccc(Cl)c1. The van der Waals surface area contributed by atoms with Gasteiger partial charge in [0.15, 0.2) is 0 Å². The lowest BCUT2D eigenvalue weighted by atomic mass is 10.1. The molecule has 2 aliphatic rings. The zero-order valence-corrected chi connectivity index (χ0v) is 12.3. The second-order valence-corrected chi connectivity index (χ2v) is 6.06. The second kappa shape index (κ2) is 6.12. The molecule has 0 aliphatic carbocycles. The lowest BCUT2D eigenvalue weighted by Gasteiger charge is -2.37. The van der Waals surface area contributed by atoms with Crippen molar-refractivity contribution in [3.63, 3.8) is 0 Å². The smallest absolute Gasteiger partial charge is 0.238 e. The normalized spacial score (nSPS) is 23.6. The van der Waals surface area contributed by atoms with Crippen molar-refractivity contribution in [2.75, 3.05) is 38.0 Å². The van der Waals surface area contributed by atoms with E-state index in [2.05, 4.69) is 15.1 Å². The standard InChI is InChI=1S/C15H20ClN3O/c16-12-3-1-4-13(9-12)17-15(20)11-18-7-8-19-6-2-5-14(19)10-18/h1,3-4,9,14H,2,5-8,10-11H2,(H,17,20). The van der Waals surface area contributed by atoms with Gasteiger partial charge in [-0.2, -0.15) is 0 Å². The molecule has 4 nitrogen and oxygen atoms in total. The molecular weight excluding hydrogens is 274 g/mol. The van der Waals surface area contributed by atoms with Gasteiger partial charge >= 0.3 is 0 Å². The van der Waals surface area contributed by atoms with Crippen molar-refractivity contribution in [2.45, 2.75) is 18.9 Å². The lowest BCUT2D eigenvalue weighted by molar-refractivity contribution is -0.117. The molecule has 1 aromatic carbocycles. The number of fused-ring (bicyclic) bond motifs is 1. The Kier molecular flexibility index (Phi) is 4.24. The average molecular weight is 294 g/mol. The summed E-state index contributed by atoms with van der Waals surface area (Å²) in [5, 5.41) is 3.55. The van der Waals surface area contributed by atoms with E-state index in [0.717, 1.165) is 25.3 Å². The molecule has 1 N–H and O–H groups in total. The van der Waals surface area contributed by atoms with Gasteiger partial charge in [-0.15, -0.1) is 0 Å². The molecule has 0 bridgehead atoms. The van der Waals surface area contributed by atoms with Crippen LogP contribution in [0.4, 0.5) is 5.69 Å². The van der Waals surface area contributed by atoms with Gasteiger partial charge in [-0.3, -0.25) is 14.6 Å². The van der Waals surface area contributed by atoms with E-state index in [1.54, 1.807) is 12.1 Å². The number of piperazine rings is 1. The van der Waals surface area contributed by atoms with Crippen LogP contribution in [-0.2, 0) is 4.79 Å². The molecule has 0 aromatic heterocycles. The number of hydrogen-bond donors (Lipinski definition) is 1. The van der Waals surface area contributed by atoms with E-state index >= 15 is 0 Å². The van der Waals surface area contributed by atoms with Crippen molar-refractivity contribution in [3.05, 3.63) is 29.3 Å². The van der Waals surface area contributed by atoms with E-state index in [4.69, 9.17) is 11.6 Å². The molecule has 5 heteroatoms. The first-order chi connectivity index (χ1) is 9.70. The maximum Gasteiger partial charge on any atom is 0.238 e. The minimum atomic E-state index is 0.0405. The predicted molar refractivity (Wildman–Crippen MR) is 81.1 cm³/mol. The topological polar surface area (TPSA) is 35.6 Å². The molecule has 1 unspecified atom stereocenters. The summed E-state index contributed by atoms with van der Waals surface area (Å²) >= 11 is 5.91. The van der Waals surface area contributed by atoms with E-state index in [9.17, 15) is 4.79 Å². The van der Waals surface area contributed by atoms with Crippen LogP contribution in [0, 0.1) is 0 Å². The highest BCUT2D eigenvalue weighted by Gasteiger charge is 2.30. The number of carbonyl (C=O) groups is 1. The minimum absolute atomic E-state index is 0.0405. The van der Waals surface area contributed by atoms with Gasteiger partial charge in [-0.1, -0.05) is 17.7 Å². The van der Waals surface area contributed by atoms with Crippen LogP contribution in [0.5, 0.6) is 0 Å². The third-order valence-electron chi connectivity index (χ3n) is 4.15. The van der Waals surface area contributed by atoms with Crippen LogP contribution in [0.2, 0.25) is 5.02 Å². The number of rotatable bonds is 3. The number of benzene rings is 1. The van der Waals surface area contributed by atoms with Gasteiger partial charge in [0, 0.05) is 36.4 Å². The summed E-state index contributed by atoms with van der Waals surface area (Å²) in [5.41, 5.74) is 0.766. The van der Waals surface area contributed by atoms with Crippen molar-refractivity contribution in [1.82, 2.24) is 9.80 Å². The molecule has 108 valence electrons. The van der Waals surface area contributed by atoms with E-state index < -0.39 is 0 Å². The van der Waals surface area contributed by atoms with Gasteiger partial charge in [0.25, 0.3) is 0 Å². The Balaban J connectivity index is 1.51. The predicted octanol–water partition coefficient (Wildman–Crippen LogP) is 2.06. The van der Waals surface area contributed by atoms with Crippen LogP contribution in [0.3, 0.4) is 0 Å². The minimum Gasteiger partial charge on any atom is -0.325 e. The Morgan fingerprint density at radius 2 is 2.25 bits per heavy atom. The van der Waals surface area contributed by atoms with Gasteiger partial charge in [0.2, 0.25) is 5.91 Å². The molecule has 0 spiro atoms. The van der Waals surface area contributed by atoms with Crippen LogP contribution in [-0.4, -0.2) is 54.5 Å². The summed E-state index contributed by atoms with van der Waals surface area (Å²) in [6.45, 7) is 4.79. The average Bonchev–Trinajstić information content (AvgIpc) is 2.86. The highest BCUT2D eigenvalue weighted by molar-refractivity contribution is 6.30. The number of carbonyl (C=O) groups excluding carboxylic acids is 1. The zero-order valence-electron chi connectivity index (χ0n) is 11.5. The zero-order chi connectivity index (χ0) is 13.9. The summed E-state index contributed by atoms with van der Waals surface area (Å²) in [7, 11) is 0. The highest BCUT2D eigenvalue weighted by Crippen LogP contribution is 2.21. The molecule has 1 aromatic rings. The summed E-state index contributed by atoms with van der Waals surface area (Å²) in [6.07, 6.45) is 2.57. The Morgan fingerprint density at radius 3 is 3.10 bits per heavy atom. The Labute approximate surface area is 124 Å². The first-order valence-electron chi connectivity index (χ1n) is 7.22. The Hall–Kier alpha value is -1.10. The fraction of sp³-hybridized carbons (Fsp3) is 0.533. The van der Waals surface area contributed by atoms with Crippen molar-refractivity contribution >= 4 is 23.2 Å². The molecule has 2 heterocycles. The molecule has 2 saturated heterocycles. The Morgan fingerprint density at radius 1 is 1.35 bits per heavy atom. The van der Waals surface area contributed by atoms with Gasteiger partial charge in [-0.05, 0) is 37.6 Å². The summed E-state index contributed by atoms with van der Waals surface area (Å²) in [5.74, 6) is 0.0405. The fourth-order valence-corrected chi connectivity index (χ4v) is 3.36. The lowest BCUT2D eigenvalue weighted by Crippen LogP contribution is -2.51. The van der Waals surface area contributed by atoms with Crippen LogP contribution in [0.1, 0.15) is 12.8 Å². The van der Waals surface area contributed by atoms with Gasteiger partial charge in [0.05, 0.1) is 6.54 Å². The van der Waals surface area contributed by atoms with Crippen LogP contribution >= 0.6 is 11.6 Å². The number of amides is 1. The third-order valence-corrected chi connectivity index (χ3v) is 4.38. The maximum absolute atomic E-state index is 12.1. The van der Waals surface area contributed by atoms with E-state index in [1.165, 1.54) is 19.4 Å². The van der Waals surface area contributed by atoms with Crippen LogP contribution in [0.15, 0.2) is 24.3 Å². The fourth-order valence-electron chi connectivity index (χ4n) is 3.17. The van der Waals surface area contributed by atoms with Gasteiger partial charge < -0.3 is 5.32 Å². The summed E-state index contributed by atoms with van der Waals surface area (Å²) in [4.78, 5) is 16.9. The van der Waals surface area contributed by atoms with E-state index in [-0.39, 0.29) is 5.91 Å². The van der Waals surface area contributed by atoms with Crippen LogP contribution < -0.4 is 5.32 Å². The molecule has 3 rings (SSSR count). The number of hydrogen-bond acceptors (Lipinski definition) is 3. The largest absolute Gasteiger partial charge is 0.325 e. The third kappa shape index (κ3) is 3.32. The number of nitrogens with one attached hydrogen (secondary N) is 1. The summed E-state index contributed by atoms with van der Waals surface area (Å²) in [6, 6.07) is 7.93. The molecule has 0 saturated carbocycles. The van der Waals surface area contributed by atoms with E-state index in [1.807, 2.05) is 12.1 Å². The quantitative estimate of drug-likeness (QED) is 0.926. The van der Waals surface area contributed by atoms with E-state index in [0.29, 0.717) is 17.6 Å².